The Bertz CT molecular complexity index is 1040. The zero-order valence-electron chi connectivity index (χ0n) is 20.8. The average molecular weight is 484 g/mol. The molecular formula is C28H38FN3O3. The number of primary amides is 1. The van der Waals surface area contributed by atoms with Crippen molar-refractivity contribution in [2.45, 2.75) is 70.4 Å². The molecule has 5 N–H and O–H groups in total. The molecule has 3 rings (SSSR count). The molecule has 2 aromatic rings. The molecule has 2 amide bonds. The molecule has 190 valence electrons. The van der Waals surface area contributed by atoms with E-state index in [0.29, 0.717) is 49.9 Å². The van der Waals surface area contributed by atoms with Crippen LogP contribution in [-0.4, -0.2) is 41.0 Å². The van der Waals surface area contributed by atoms with Crippen molar-refractivity contribution in [1.29, 1.82) is 0 Å². The third-order valence-corrected chi connectivity index (χ3v) is 7.16. The van der Waals surface area contributed by atoms with Crippen LogP contribution in [0.2, 0.25) is 0 Å². The van der Waals surface area contributed by atoms with Gasteiger partial charge in [0.05, 0.1) is 11.6 Å². The molecule has 1 saturated heterocycles. The van der Waals surface area contributed by atoms with Crippen LogP contribution < -0.4 is 11.5 Å². The number of hydrogen-bond donors (Lipinski definition) is 3. The molecule has 2 aromatic carbocycles. The number of carbonyl (C=O) groups is 2. The van der Waals surface area contributed by atoms with Crippen LogP contribution in [0.4, 0.5) is 4.39 Å². The van der Waals surface area contributed by atoms with Gasteiger partial charge in [0.2, 0.25) is 11.8 Å². The summed E-state index contributed by atoms with van der Waals surface area (Å²) in [7, 11) is 0. The Labute approximate surface area is 207 Å². The number of nitrogens with zero attached hydrogens (tertiary/aromatic N) is 1. The smallest absolute Gasteiger partial charge is 0.239 e. The topological polar surface area (TPSA) is 110 Å². The fourth-order valence-electron chi connectivity index (χ4n) is 5.29. The summed E-state index contributed by atoms with van der Waals surface area (Å²) in [6, 6.07) is 11.8. The van der Waals surface area contributed by atoms with Crippen molar-refractivity contribution < 1.29 is 19.1 Å². The molecule has 0 radical (unpaired) electrons. The van der Waals surface area contributed by atoms with Gasteiger partial charge < -0.3 is 21.5 Å². The summed E-state index contributed by atoms with van der Waals surface area (Å²) in [6.45, 7) is 4.91. The fraction of sp³-hybridized carbons (Fsp3) is 0.500. The summed E-state index contributed by atoms with van der Waals surface area (Å²) in [5.41, 5.74) is 12.8. The minimum absolute atomic E-state index is 0.0490. The first-order chi connectivity index (χ1) is 16.7. The molecule has 1 aliphatic rings. The number of carbonyl (C=O) groups excluding carboxylic acids is 2. The van der Waals surface area contributed by atoms with Crippen molar-refractivity contribution >= 4 is 11.8 Å². The van der Waals surface area contributed by atoms with Crippen LogP contribution in [0, 0.1) is 11.7 Å². The first-order valence-corrected chi connectivity index (χ1v) is 12.6. The van der Waals surface area contributed by atoms with Crippen LogP contribution in [0.25, 0.3) is 11.1 Å². The maximum absolute atomic E-state index is 15.3. The van der Waals surface area contributed by atoms with E-state index in [1.165, 1.54) is 6.07 Å². The highest BCUT2D eigenvalue weighted by molar-refractivity contribution is 5.83. The van der Waals surface area contributed by atoms with Gasteiger partial charge in [-0.05, 0) is 54.9 Å². The first-order valence-electron chi connectivity index (χ1n) is 12.6. The van der Waals surface area contributed by atoms with E-state index in [2.05, 4.69) is 6.92 Å². The zero-order valence-corrected chi connectivity index (χ0v) is 20.8. The number of piperidine rings is 1. The van der Waals surface area contributed by atoms with E-state index in [9.17, 15) is 14.7 Å². The van der Waals surface area contributed by atoms with Crippen molar-refractivity contribution in [2.24, 2.45) is 17.4 Å². The van der Waals surface area contributed by atoms with Crippen LogP contribution in [0.3, 0.4) is 0 Å². The molecule has 6 nitrogen and oxygen atoms in total. The van der Waals surface area contributed by atoms with Gasteiger partial charge in [0, 0.05) is 31.0 Å². The predicted octanol–water partition coefficient (Wildman–Crippen LogP) is 3.87. The Hall–Kier alpha value is -2.77. The van der Waals surface area contributed by atoms with Gasteiger partial charge in [-0.1, -0.05) is 56.7 Å². The molecule has 35 heavy (non-hydrogen) atoms. The van der Waals surface area contributed by atoms with Crippen LogP contribution >= 0.6 is 0 Å². The molecule has 0 spiro atoms. The Morgan fingerprint density at radius 2 is 1.97 bits per heavy atom. The Balaban J connectivity index is 1.97. The van der Waals surface area contributed by atoms with Gasteiger partial charge in [0.1, 0.15) is 5.82 Å². The number of likely N-dealkylation sites (tertiary alicyclic amines) is 1. The molecular weight excluding hydrogens is 445 g/mol. The Morgan fingerprint density at radius 1 is 1.23 bits per heavy atom. The lowest BCUT2D eigenvalue weighted by molar-refractivity contribution is -0.138. The van der Waals surface area contributed by atoms with E-state index < -0.39 is 17.6 Å². The van der Waals surface area contributed by atoms with Crippen LogP contribution in [-0.2, 0) is 21.6 Å². The van der Waals surface area contributed by atoms with Crippen LogP contribution in [0.5, 0.6) is 0 Å². The molecule has 1 aliphatic heterocycles. The maximum Gasteiger partial charge on any atom is 0.239 e. The minimum atomic E-state index is -1.31. The zero-order chi connectivity index (χ0) is 25.6. The second-order valence-electron chi connectivity index (χ2n) is 9.63. The summed E-state index contributed by atoms with van der Waals surface area (Å²) < 4.78 is 15.3. The molecule has 7 heteroatoms. The van der Waals surface area contributed by atoms with E-state index in [4.69, 9.17) is 11.5 Å². The Morgan fingerprint density at radius 3 is 2.66 bits per heavy atom. The molecule has 1 heterocycles. The van der Waals surface area contributed by atoms with E-state index in [-0.39, 0.29) is 30.5 Å². The van der Waals surface area contributed by atoms with Crippen molar-refractivity contribution in [3.05, 3.63) is 59.4 Å². The summed E-state index contributed by atoms with van der Waals surface area (Å²) in [5, 5.41) is 12.2. The van der Waals surface area contributed by atoms with Gasteiger partial charge in [0.25, 0.3) is 0 Å². The number of benzene rings is 2. The van der Waals surface area contributed by atoms with Crippen LogP contribution in [0.1, 0.15) is 63.5 Å². The average Bonchev–Trinajstić information content (AvgIpc) is 2.86. The number of aliphatic hydroxyl groups is 1. The minimum Gasteiger partial charge on any atom is -0.385 e. The SMILES string of the molecule is CCCC(O)(c1cccc(F)c1-c1cccc(CC)c1)C1CCCN(C(=O)[C@H](N)CCC(N)=O)C1. The summed E-state index contributed by atoms with van der Waals surface area (Å²) >= 11 is 0. The van der Waals surface area contributed by atoms with Crippen molar-refractivity contribution in [2.75, 3.05) is 13.1 Å². The molecule has 3 atom stereocenters. The molecule has 0 aromatic heterocycles. The van der Waals surface area contributed by atoms with Gasteiger partial charge in [-0.3, -0.25) is 9.59 Å². The van der Waals surface area contributed by atoms with Gasteiger partial charge in [-0.2, -0.15) is 0 Å². The molecule has 0 bridgehead atoms. The first kappa shape index (κ1) is 26.8. The lowest BCUT2D eigenvalue weighted by atomic mass is 9.72. The standard InChI is InChI=1S/C28H38FN3O3/c1-3-15-28(35,21-10-7-16-32(18-21)27(34)24(30)13-14-25(31)33)22-11-6-12-23(29)26(22)20-9-5-8-19(4-2)17-20/h5-6,8-9,11-12,17,21,24,35H,3-4,7,10,13-16,18,30H2,1-2H3,(H2,31,33)/t21?,24-,28?/m1/s1. The van der Waals surface area contributed by atoms with E-state index >= 15 is 4.39 Å². The van der Waals surface area contributed by atoms with Crippen molar-refractivity contribution in [1.82, 2.24) is 4.90 Å². The quantitative estimate of drug-likeness (QED) is 0.476. The maximum atomic E-state index is 15.3. The highest BCUT2D eigenvalue weighted by Gasteiger charge is 2.43. The van der Waals surface area contributed by atoms with E-state index in [0.717, 1.165) is 17.5 Å². The molecule has 0 aliphatic carbocycles. The van der Waals surface area contributed by atoms with Gasteiger partial charge in [0.15, 0.2) is 0 Å². The number of hydrogen-bond acceptors (Lipinski definition) is 4. The van der Waals surface area contributed by atoms with E-state index in [1.807, 2.05) is 37.3 Å². The van der Waals surface area contributed by atoms with Gasteiger partial charge >= 0.3 is 0 Å². The second-order valence-corrected chi connectivity index (χ2v) is 9.63. The third-order valence-electron chi connectivity index (χ3n) is 7.16. The van der Waals surface area contributed by atoms with Crippen molar-refractivity contribution in [3.8, 4) is 11.1 Å². The fourth-order valence-corrected chi connectivity index (χ4v) is 5.29. The summed E-state index contributed by atoms with van der Waals surface area (Å²) in [5.74, 6) is -1.39. The van der Waals surface area contributed by atoms with Gasteiger partial charge in [-0.15, -0.1) is 0 Å². The number of amides is 2. The van der Waals surface area contributed by atoms with Crippen LogP contribution in [0.15, 0.2) is 42.5 Å². The largest absolute Gasteiger partial charge is 0.385 e. The number of rotatable bonds is 10. The lowest BCUT2D eigenvalue weighted by Gasteiger charge is -2.44. The second kappa shape index (κ2) is 11.8. The van der Waals surface area contributed by atoms with E-state index in [1.54, 1.807) is 11.0 Å². The number of nitrogens with two attached hydrogens (primary N) is 2. The summed E-state index contributed by atoms with van der Waals surface area (Å²) in [6.07, 6.45) is 3.63. The highest BCUT2D eigenvalue weighted by atomic mass is 19.1. The molecule has 0 saturated carbocycles. The lowest BCUT2D eigenvalue weighted by Crippen LogP contribution is -2.52. The Kier molecular flexibility index (Phi) is 9.03. The van der Waals surface area contributed by atoms with Gasteiger partial charge in [-0.25, -0.2) is 4.39 Å². The monoisotopic (exact) mass is 483 g/mol. The van der Waals surface area contributed by atoms with Crippen molar-refractivity contribution in [3.63, 3.8) is 0 Å². The molecule has 1 fully saturated rings. The summed E-state index contributed by atoms with van der Waals surface area (Å²) in [4.78, 5) is 25.8. The molecule has 2 unspecified atom stereocenters. The number of aryl methyl sites for hydroxylation is 1. The predicted molar refractivity (Wildman–Crippen MR) is 136 cm³/mol. The normalized spacial score (nSPS) is 18.7. The third kappa shape index (κ3) is 6.08. The highest BCUT2D eigenvalue weighted by Crippen LogP contribution is 2.44. The number of halogens is 1.